The summed E-state index contributed by atoms with van der Waals surface area (Å²) < 4.78 is 42.9. The van der Waals surface area contributed by atoms with E-state index in [1.165, 1.54) is 0 Å². The number of esters is 1. The Morgan fingerprint density at radius 2 is 2.24 bits per heavy atom. The summed E-state index contributed by atoms with van der Waals surface area (Å²) in [6.45, 7) is -0.146. The van der Waals surface area contributed by atoms with Crippen LogP contribution in [0.5, 0.6) is 0 Å². The van der Waals surface area contributed by atoms with Crippen molar-refractivity contribution in [1.82, 2.24) is 4.98 Å². The second-order valence-corrected chi connectivity index (χ2v) is 3.21. The predicted octanol–water partition coefficient (Wildman–Crippen LogP) is 1.33. The molecule has 1 heterocycles. The van der Waals surface area contributed by atoms with Crippen molar-refractivity contribution < 1.29 is 22.7 Å². The first-order chi connectivity index (χ1) is 8.01. The van der Waals surface area contributed by atoms with E-state index in [1.807, 2.05) is 0 Å². The van der Waals surface area contributed by atoms with Gasteiger partial charge in [0.15, 0.2) is 0 Å². The van der Waals surface area contributed by atoms with Crippen LogP contribution in [-0.2, 0) is 22.5 Å². The van der Waals surface area contributed by atoms with E-state index >= 15 is 0 Å². The summed E-state index contributed by atoms with van der Waals surface area (Å²) in [7, 11) is 1.12. The third-order valence-electron chi connectivity index (χ3n) is 2.20. The highest BCUT2D eigenvalue weighted by molar-refractivity contribution is 5.72. The van der Waals surface area contributed by atoms with Crippen LogP contribution in [0.1, 0.15) is 23.2 Å². The van der Waals surface area contributed by atoms with Crippen molar-refractivity contribution in [3.8, 4) is 0 Å². The Morgan fingerprint density at radius 3 is 2.71 bits per heavy atom. The van der Waals surface area contributed by atoms with Gasteiger partial charge in [-0.05, 0) is 0 Å². The number of rotatable bonds is 4. The average molecular weight is 248 g/mol. The minimum atomic E-state index is -2.99. The van der Waals surface area contributed by atoms with Crippen LogP contribution < -0.4 is 5.73 Å². The minimum absolute atomic E-state index is 0.0669. The van der Waals surface area contributed by atoms with Gasteiger partial charge >= 0.3 is 5.97 Å². The van der Waals surface area contributed by atoms with E-state index in [2.05, 4.69) is 9.72 Å². The Bertz CT molecular complexity index is 424. The highest BCUT2D eigenvalue weighted by atomic mass is 19.3. The summed E-state index contributed by atoms with van der Waals surface area (Å²) in [5.41, 5.74) is 4.28. The van der Waals surface area contributed by atoms with Crippen LogP contribution in [0.2, 0.25) is 0 Å². The standard InChI is InChI=1S/C10H11F3N2O2/c1-17-8(16)2-5-7(3-14)15-4-6(9(5)11)10(12)13/h4,10H,2-3,14H2,1H3. The number of nitrogens with two attached hydrogens (primary N) is 1. The fourth-order valence-electron chi connectivity index (χ4n) is 1.31. The molecule has 94 valence electrons. The summed E-state index contributed by atoms with van der Waals surface area (Å²) in [5.74, 6) is -1.90. The third kappa shape index (κ3) is 2.94. The van der Waals surface area contributed by atoms with Crippen molar-refractivity contribution in [2.24, 2.45) is 5.73 Å². The topological polar surface area (TPSA) is 65.2 Å². The number of alkyl halides is 2. The van der Waals surface area contributed by atoms with Crippen molar-refractivity contribution in [3.05, 3.63) is 28.8 Å². The van der Waals surface area contributed by atoms with Gasteiger partial charge < -0.3 is 10.5 Å². The second kappa shape index (κ2) is 5.62. The molecule has 2 N–H and O–H groups in total. The molecule has 1 rings (SSSR count). The molecule has 1 aromatic rings. The molecule has 0 aliphatic heterocycles. The molecular formula is C10H11F3N2O2. The lowest BCUT2D eigenvalue weighted by Gasteiger charge is -2.10. The summed E-state index contributed by atoms with van der Waals surface area (Å²) in [6, 6.07) is 0. The fourth-order valence-corrected chi connectivity index (χ4v) is 1.31. The zero-order valence-electron chi connectivity index (χ0n) is 9.04. The molecule has 7 heteroatoms. The Kier molecular flexibility index (Phi) is 4.45. The van der Waals surface area contributed by atoms with Crippen LogP contribution in [0.4, 0.5) is 13.2 Å². The number of nitrogens with zero attached hydrogens (tertiary/aromatic N) is 1. The Hall–Kier alpha value is -1.63. The van der Waals surface area contributed by atoms with Gasteiger partial charge in [-0.15, -0.1) is 0 Å². The molecule has 1 aromatic heterocycles. The predicted molar refractivity (Wildman–Crippen MR) is 52.8 cm³/mol. The van der Waals surface area contributed by atoms with E-state index in [9.17, 15) is 18.0 Å². The van der Waals surface area contributed by atoms with Gasteiger partial charge in [0.05, 0.1) is 24.8 Å². The third-order valence-corrected chi connectivity index (χ3v) is 2.20. The number of halogens is 3. The molecule has 0 atom stereocenters. The number of carbonyl (C=O) groups is 1. The first-order valence-corrected chi connectivity index (χ1v) is 4.72. The van der Waals surface area contributed by atoms with Crippen molar-refractivity contribution in [3.63, 3.8) is 0 Å². The van der Waals surface area contributed by atoms with Gasteiger partial charge in [-0.1, -0.05) is 0 Å². The van der Waals surface area contributed by atoms with E-state index in [-0.39, 0.29) is 17.8 Å². The quantitative estimate of drug-likeness (QED) is 0.816. The molecule has 0 bridgehead atoms. The van der Waals surface area contributed by atoms with Gasteiger partial charge in [0, 0.05) is 18.3 Å². The van der Waals surface area contributed by atoms with E-state index in [4.69, 9.17) is 5.73 Å². The van der Waals surface area contributed by atoms with Crippen LogP contribution in [0, 0.1) is 5.82 Å². The first kappa shape index (κ1) is 13.4. The summed E-state index contributed by atoms with van der Waals surface area (Å²) in [4.78, 5) is 14.7. The molecule has 0 fully saturated rings. The van der Waals surface area contributed by atoms with Crippen LogP contribution in [0.3, 0.4) is 0 Å². The highest BCUT2D eigenvalue weighted by Gasteiger charge is 2.21. The molecule has 0 unspecified atom stereocenters. The fraction of sp³-hybridized carbons (Fsp3) is 0.400. The Balaban J connectivity index is 3.22. The maximum Gasteiger partial charge on any atom is 0.310 e. The zero-order valence-corrected chi connectivity index (χ0v) is 9.04. The second-order valence-electron chi connectivity index (χ2n) is 3.21. The van der Waals surface area contributed by atoms with Crippen molar-refractivity contribution in [2.75, 3.05) is 7.11 Å². The first-order valence-electron chi connectivity index (χ1n) is 4.72. The number of hydrogen-bond donors (Lipinski definition) is 1. The van der Waals surface area contributed by atoms with E-state index in [0.29, 0.717) is 0 Å². The van der Waals surface area contributed by atoms with Crippen LogP contribution >= 0.6 is 0 Å². The maximum atomic E-state index is 13.7. The van der Waals surface area contributed by atoms with Crippen molar-refractivity contribution in [1.29, 1.82) is 0 Å². The molecule has 0 aliphatic carbocycles. The molecule has 0 amide bonds. The Morgan fingerprint density at radius 1 is 1.59 bits per heavy atom. The van der Waals surface area contributed by atoms with Crippen LogP contribution in [-0.4, -0.2) is 18.1 Å². The summed E-state index contributed by atoms with van der Waals surface area (Å²) >= 11 is 0. The number of pyridine rings is 1. The van der Waals surface area contributed by atoms with Crippen LogP contribution in [0.25, 0.3) is 0 Å². The molecule has 0 aliphatic rings. The normalized spacial score (nSPS) is 10.7. The Labute approximate surface area is 95.6 Å². The zero-order chi connectivity index (χ0) is 13.0. The molecule has 0 saturated heterocycles. The van der Waals surface area contributed by atoms with Crippen molar-refractivity contribution in [2.45, 2.75) is 19.4 Å². The minimum Gasteiger partial charge on any atom is -0.469 e. The van der Waals surface area contributed by atoms with Gasteiger partial charge in [0.25, 0.3) is 6.43 Å². The highest BCUT2D eigenvalue weighted by Crippen LogP contribution is 2.25. The summed E-state index contributed by atoms with van der Waals surface area (Å²) in [6.07, 6.45) is -2.74. The van der Waals surface area contributed by atoms with Crippen molar-refractivity contribution >= 4 is 5.97 Å². The smallest absolute Gasteiger partial charge is 0.310 e. The molecule has 17 heavy (non-hydrogen) atoms. The lowest BCUT2D eigenvalue weighted by molar-refractivity contribution is -0.139. The van der Waals surface area contributed by atoms with Gasteiger partial charge in [0.1, 0.15) is 5.82 Å². The SMILES string of the molecule is COC(=O)Cc1c(CN)ncc(C(F)F)c1F. The number of carbonyl (C=O) groups excluding carboxylic acids is 1. The van der Waals surface area contributed by atoms with E-state index in [1.54, 1.807) is 0 Å². The monoisotopic (exact) mass is 248 g/mol. The molecular weight excluding hydrogens is 237 g/mol. The molecule has 0 spiro atoms. The van der Waals surface area contributed by atoms with Gasteiger partial charge in [-0.25, -0.2) is 13.2 Å². The molecule has 0 saturated carbocycles. The number of aromatic nitrogens is 1. The lowest BCUT2D eigenvalue weighted by atomic mass is 10.1. The van der Waals surface area contributed by atoms with Gasteiger partial charge in [-0.3, -0.25) is 9.78 Å². The lowest BCUT2D eigenvalue weighted by Crippen LogP contribution is -2.14. The number of ether oxygens (including phenoxy) is 1. The van der Waals surface area contributed by atoms with E-state index < -0.39 is 30.2 Å². The van der Waals surface area contributed by atoms with Crippen LogP contribution in [0.15, 0.2) is 6.20 Å². The molecule has 0 aromatic carbocycles. The average Bonchev–Trinajstić information content (AvgIpc) is 2.30. The number of methoxy groups -OCH3 is 1. The summed E-state index contributed by atoms with van der Waals surface area (Å²) in [5, 5.41) is 0. The van der Waals surface area contributed by atoms with E-state index in [0.717, 1.165) is 13.3 Å². The number of hydrogen-bond acceptors (Lipinski definition) is 4. The molecule has 4 nitrogen and oxygen atoms in total. The largest absolute Gasteiger partial charge is 0.469 e. The van der Waals surface area contributed by atoms with Gasteiger partial charge in [0.2, 0.25) is 0 Å². The molecule has 0 radical (unpaired) electrons. The van der Waals surface area contributed by atoms with Gasteiger partial charge in [-0.2, -0.15) is 0 Å². The maximum absolute atomic E-state index is 13.7.